The Hall–Kier alpha value is -4.73. The second-order valence-corrected chi connectivity index (χ2v) is 22.4. The third kappa shape index (κ3) is 11.8. The van der Waals surface area contributed by atoms with Gasteiger partial charge in [0.1, 0.15) is 24.8 Å². The second kappa shape index (κ2) is 20.7. The predicted octanol–water partition coefficient (Wildman–Crippen LogP) is 5.41. The van der Waals surface area contributed by atoms with Crippen molar-refractivity contribution in [3.63, 3.8) is 0 Å². The molecular weight excluding hydrogens is 797 g/mol. The Morgan fingerprint density at radius 2 is 1.45 bits per heavy atom. The molecule has 0 radical (unpaired) electrons. The molecule has 2 N–H and O–H groups in total. The van der Waals surface area contributed by atoms with Gasteiger partial charge in [-0.3, -0.25) is 19.2 Å². The van der Waals surface area contributed by atoms with E-state index < -0.39 is 49.7 Å². The van der Waals surface area contributed by atoms with Gasteiger partial charge in [0.25, 0.3) is 8.32 Å². The third-order valence-electron chi connectivity index (χ3n) is 10.6. The first-order valence-electron chi connectivity index (χ1n) is 20.5. The average molecular weight is 857 g/mol. The van der Waals surface area contributed by atoms with Crippen molar-refractivity contribution in [2.45, 2.75) is 91.6 Å². The van der Waals surface area contributed by atoms with E-state index in [1.165, 1.54) is 22.2 Å². The normalized spacial score (nSPS) is 16.3. The van der Waals surface area contributed by atoms with Crippen LogP contribution in [-0.2, 0) is 44.4 Å². The Bertz CT molecular complexity index is 1990. The van der Waals surface area contributed by atoms with Crippen molar-refractivity contribution < 1.29 is 37.8 Å². The van der Waals surface area contributed by atoms with Crippen molar-refractivity contribution in [2.75, 3.05) is 39.6 Å². The van der Waals surface area contributed by atoms with Crippen molar-refractivity contribution in [3.8, 4) is 10.4 Å². The molecule has 322 valence electrons. The van der Waals surface area contributed by atoms with Crippen LogP contribution in [0.1, 0.15) is 66.1 Å². The Kier molecular flexibility index (Phi) is 16.0. The highest BCUT2D eigenvalue weighted by molar-refractivity contribution is 7.13. The van der Waals surface area contributed by atoms with Gasteiger partial charge in [-0.1, -0.05) is 126 Å². The molecule has 3 atom stereocenters. The quantitative estimate of drug-likeness (QED) is 0.0763. The maximum absolute atomic E-state index is 14.2. The molecule has 0 saturated carbocycles. The van der Waals surface area contributed by atoms with Gasteiger partial charge < -0.3 is 34.2 Å². The molecule has 1 saturated heterocycles. The number of hydrogen-bond acceptors (Lipinski definition) is 10. The van der Waals surface area contributed by atoms with E-state index in [0.717, 1.165) is 21.7 Å². The summed E-state index contributed by atoms with van der Waals surface area (Å²) in [6.45, 7) is 16.6. The first kappa shape index (κ1) is 46.3. The first-order chi connectivity index (χ1) is 28.5. The number of thiazole rings is 1. The fourth-order valence-electron chi connectivity index (χ4n) is 7.69. The number of nitrogens with one attached hydrogen (secondary N) is 2. The first-order valence-corrected chi connectivity index (χ1v) is 23.2. The number of aromatic nitrogens is 1. The number of hydrogen-bond donors (Lipinski definition) is 2. The molecule has 60 heavy (non-hydrogen) atoms. The van der Waals surface area contributed by atoms with Crippen LogP contribution < -0.4 is 21.0 Å². The van der Waals surface area contributed by atoms with Gasteiger partial charge in [-0.15, -0.1) is 11.3 Å². The van der Waals surface area contributed by atoms with Crippen LogP contribution in [0.4, 0.5) is 0 Å². The number of amides is 3. The number of likely N-dealkylation sites (tertiary alicyclic amines) is 1. The van der Waals surface area contributed by atoms with Crippen LogP contribution in [0.25, 0.3) is 10.4 Å². The van der Waals surface area contributed by atoms with Crippen LogP contribution in [0.5, 0.6) is 0 Å². The molecule has 14 heteroatoms. The molecule has 0 aliphatic carbocycles. The number of carbonyl (C=O) groups is 4. The number of carbonyl (C=O) groups excluding carboxylic acids is 4. The van der Waals surface area contributed by atoms with Crippen LogP contribution in [-0.4, -0.2) is 99.7 Å². The van der Waals surface area contributed by atoms with Crippen molar-refractivity contribution in [2.24, 2.45) is 5.41 Å². The minimum absolute atomic E-state index is 0.0233. The van der Waals surface area contributed by atoms with E-state index in [2.05, 4.69) is 84.9 Å². The number of rotatable bonds is 18. The molecule has 1 aliphatic heterocycles. The highest BCUT2D eigenvalue weighted by atomic mass is 32.1. The lowest BCUT2D eigenvalue weighted by molar-refractivity contribution is -0.147. The van der Waals surface area contributed by atoms with Gasteiger partial charge >= 0.3 is 5.97 Å². The van der Waals surface area contributed by atoms with Gasteiger partial charge in [0, 0.05) is 19.9 Å². The molecule has 3 aromatic carbocycles. The molecule has 3 amide bonds. The fraction of sp³-hybridized carbons (Fsp3) is 0.457. The van der Waals surface area contributed by atoms with Crippen LogP contribution in [0, 0.1) is 12.3 Å². The molecule has 12 nitrogen and oxygen atoms in total. The minimum Gasteiger partial charge on any atom is -0.461 e. The van der Waals surface area contributed by atoms with E-state index in [4.69, 9.17) is 18.6 Å². The SMILES string of the molecule is CC(=O)O[C@@H]1C[C@@H](C(=O)NCc2ccc(-c3scnc3C)cc2)N(C(=O)C(NC(=O)COCCOCCO[Si](c2ccccc2)(c2ccccc2)C(C)(C)C)C(C)(C)C)C1. The smallest absolute Gasteiger partial charge is 0.302 e. The Morgan fingerprint density at radius 1 is 0.850 bits per heavy atom. The monoisotopic (exact) mass is 856 g/mol. The maximum atomic E-state index is 14.2. The lowest BCUT2D eigenvalue weighted by atomic mass is 9.85. The summed E-state index contributed by atoms with van der Waals surface area (Å²) in [6, 6.07) is 26.8. The zero-order valence-electron chi connectivity index (χ0n) is 36.1. The predicted molar refractivity (Wildman–Crippen MR) is 236 cm³/mol. The zero-order chi connectivity index (χ0) is 43.5. The van der Waals surface area contributed by atoms with Crippen LogP contribution in [0.15, 0.2) is 90.4 Å². The summed E-state index contributed by atoms with van der Waals surface area (Å²) in [6.07, 6.45) is -0.532. The van der Waals surface area contributed by atoms with E-state index in [-0.39, 0.29) is 50.3 Å². The van der Waals surface area contributed by atoms with E-state index in [9.17, 15) is 19.2 Å². The van der Waals surface area contributed by atoms with Gasteiger partial charge in [-0.2, -0.15) is 0 Å². The van der Waals surface area contributed by atoms with Gasteiger partial charge in [0.15, 0.2) is 0 Å². The molecule has 1 aromatic heterocycles. The van der Waals surface area contributed by atoms with Gasteiger partial charge in [0.05, 0.1) is 49.1 Å². The van der Waals surface area contributed by atoms with Gasteiger partial charge in [-0.25, -0.2) is 4.98 Å². The molecule has 1 aliphatic rings. The van der Waals surface area contributed by atoms with E-state index in [1.807, 2.05) is 69.6 Å². The zero-order valence-corrected chi connectivity index (χ0v) is 37.9. The Labute approximate surface area is 359 Å². The van der Waals surface area contributed by atoms with E-state index >= 15 is 0 Å². The summed E-state index contributed by atoms with van der Waals surface area (Å²) in [5, 5.41) is 8.04. The summed E-state index contributed by atoms with van der Waals surface area (Å²) in [7, 11) is -2.68. The summed E-state index contributed by atoms with van der Waals surface area (Å²) in [4.78, 5) is 59.9. The minimum atomic E-state index is -2.68. The molecule has 0 spiro atoms. The highest BCUT2D eigenvalue weighted by Gasteiger charge is 2.50. The molecule has 1 fully saturated rings. The fourth-order valence-corrected chi connectivity index (χ4v) is 13.0. The molecule has 1 unspecified atom stereocenters. The number of nitrogens with zero attached hydrogens (tertiary/aromatic N) is 2. The summed E-state index contributed by atoms with van der Waals surface area (Å²) < 4.78 is 23.9. The van der Waals surface area contributed by atoms with E-state index in [1.54, 1.807) is 11.3 Å². The van der Waals surface area contributed by atoms with Crippen molar-refractivity contribution in [1.82, 2.24) is 20.5 Å². The molecular formula is C46H60N4O8SSi. The van der Waals surface area contributed by atoms with Crippen molar-refractivity contribution in [1.29, 1.82) is 0 Å². The summed E-state index contributed by atoms with van der Waals surface area (Å²) >= 11 is 1.57. The molecule has 4 aromatic rings. The molecule has 5 rings (SSSR count). The highest BCUT2D eigenvalue weighted by Crippen LogP contribution is 2.37. The Morgan fingerprint density at radius 3 is 2.00 bits per heavy atom. The van der Waals surface area contributed by atoms with Gasteiger partial charge in [0.2, 0.25) is 17.7 Å². The number of ether oxygens (including phenoxy) is 3. The van der Waals surface area contributed by atoms with Gasteiger partial charge in [-0.05, 0) is 38.9 Å². The number of esters is 1. The lowest BCUT2D eigenvalue weighted by Gasteiger charge is -2.43. The van der Waals surface area contributed by atoms with Crippen molar-refractivity contribution in [3.05, 3.63) is 102 Å². The van der Waals surface area contributed by atoms with Crippen LogP contribution in [0.3, 0.4) is 0 Å². The third-order valence-corrected chi connectivity index (χ3v) is 16.6. The lowest BCUT2D eigenvalue weighted by Crippen LogP contribution is -2.66. The Balaban J connectivity index is 1.12. The van der Waals surface area contributed by atoms with Crippen LogP contribution >= 0.6 is 11.3 Å². The average Bonchev–Trinajstić information content (AvgIpc) is 3.84. The maximum Gasteiger partial charge on any atom is 0.302 e. The number of benzene rings is 3. The summed E-state index contributed by atoms with van der Waals surface area (Å²) in [5.41, 5.74) is 3.98. The largest absolute Gasteiger partial charge is 0.461 e. The van der Waals surface area contributed by atoms with Crippen molar-refractivity contribution >= 4 is 53.7 Å². The molecule has 2 heterocycles. The second-order valence-electron chi connectivity index (χ2n) is 17.2. The topological polar surface area (TPSA) is 145 Å². The van der Waals surface area contributed by atoms with E-state index in [0.29, 0.717) is 13.2 Å². The molecule has 0 bridgehead atoms. The van der Waals surface area contributed by atoms with Crippen LogP contribution in [0.2, 0.25) is 5.04 Å². The summed E-state index contributed by atoms with van der Waals surface area (Å²) in [5.74, 6) is -1.80. The number of aryl methyl sites for hydroxylation is 1. The standard InChI is InChI=1S/C46H60N4O8SSi/c1-32-41(59-31-48-32)35-21-19-34(20-22-35)28-47-43(53)39-27-36(58-33(2)51)29-50(39)44(54)42(45(3,4)5)49-40(52)30-56-24-23-55-25-26-57-60(46(6,7)8,37-15-11-9-12-16-37)38-17-13-10-14-18-38/h9-22,31,36,39,42H,23-30H2,1-8H3,(H,47,53)(H,49,52)/t36-,39+,42?/m1/s1.